The third-order valence-electron chi connectivity index (χ3n) is 6.76. The Kier molecular flexibility index (Phi) is 15.4. The van der Waals surface area contributed by atoms with Crippen molar-refractivity contribution >= 4 is 40.5 Å². The molecule has 17 heteroatoms. The van der Waals surface area contributed by atoms with E-state index in [1.165, 1.54) is 62.5 Å². The van der Waals surface area contributed by atoms with E-state index in [1.807, 2.05) is 6.92 Å². The zero-order valence-electron chi connectivity index (χ0n) is 28.3. The molecule has 3 aromatic carbocycles. The van der Waals surface area contributed by atoms with Gasteiger partial charge < -0.3 is 19.1 Å². The number of carbonyl (C=O) groups excluding carboxylic acids is 1. The van der Waals surface area contributed by atoms with Crippen molar-refractivity contribution < 1.29 is 50.3 Å². The maximum absolute atomic E-state index is 13.1. The van der Waals surface area contributed by atoms with Crippen LogP contribution in [0.1, 0.15) is 48.1 Å². The molecule has 0 bridgehead atoms. The minimum Gasteiger partial charge on any atom is -0.464 e. The number of rotatable bonds is 12. The third-order valence-corrected chi connectivity index (χ3v) is 6.99. The summed E-state index contributed by atoms with van der Waals surface area (Å²) in [5.41, 5.74) is -0.385. The number of imidazole rings is 1. The molecule has 0 fully saturated rings. The largest absolute Gasteiger partial charge is 0.464 e. The molecule has 0 amide bonds. The Hall–Kier alpha value is -5.22. The molecule has 0 saturated heterocycles. The fourth-order valence-electron chi connectivity index (χ4n) is 4.29. The Morgan fingerprint density at radius 3 is 2.33 bits per heavy atom. The van der Waals surface area contributed by atoms with Gasteiger partial charge in [0.2, 0.25) is 0 Å². The molecule has 4 rings (SSSR count). The van der Waals surface area contributed by atoms with Crippen LogP contribution in [0.25, 0.3) is 0 Å². The van der Waals surface area contributed by atoms with Crippen LogP contribution in [-0.4, -0.2) is 60.2 Å². The predicted molar refractivity (Wildman–Crippen MR) is 183 cm³/mol. The lowest BCUT2D eigenvalue weighted by atomic mass is 10.0. The van der Waals surface area contributed by atoms with E-state index < -0.39 is 29.4 Å². The van der Waals surface area contributed by atoms with Gasteiger partial charge in [-0.25, -0.2) is 14.8 Å². The van der Waals surface area contributed by atoms with Crippen molar-refractivity contribution in [3.63, 3.8) is 0 Å². The summed E-state index contributed by atoms with van der Waals surface area (Å²) in [5.74, 6) is -0.383. The van der Waals surface area contributed by atoms with Crippen molar-refractivity contribution in [1.82, 2.24) is 9.55 Å². The average molecular weight is 754 g/mol. The summed E-state index contributed by atoms with van der Waals surface area (Å²) in [6.07, 6.45) is -3.63. The van der Waals surface area contributed by atoms with E-state index in [-0.39, 0.29) is 40.9 Å². The Labute approximate surface area is 300 Å². The molecule has 0 saturated carbocycles. The molecule has 0 atom stereocenters. The van der Waals surface area contributed by atoms with Crippen molar-refractivity contribution in [2.75, 3.05) is 27.4 Å². The van der Waals surface area contributed by atoms with E-state index in [2.05, 4.69) is 20.3 Å². The number of methoxy groups -OCH3 is 1. The standard InChI is InChI=1S/C20H19F3N2O4.C15H15ClF3N3O/c1-13(14-8-6-9-16(11-14)20(21,22)23)24-29-12-15-7-4-5-10-17(15)18(25-28-3)19(26)27-2;1-2-7-23-9-14(22-6-5-20-10-22)21-13-4-3-11(16)8-12(13)15(17,18)19/h4-11H,12H2,1-3H3;3-6,8,10H,2,7,9H2,1H3/b24-13+,25-18+;21-14+. The molecule has 0 spiro atoms. The molecule has 0 aliphatic carbocycles. The number of benzene rings is 3. The van der Waals surface area contributed by atoms with Crippen LogP contribution in [0, 0.1) is 0 Å². The molecule has 4 aromatic rings. The summed E-state index contributed by atoms with van der Waals surface area (Å²) >= 11 is 5.67. The van der Waals surface area contributed by atoms with Crippen molar-refractivity contribution in [3.8, 4) is 0 Å². The van der Waals surface area contributed by atoms with Crippen molar-refractivity contribution in [2.24, 2.45) is 15.3 Å². The summed E-state index contributed by atoms with van der Waals surface area (Å²) in [5, 5.41) is 7.58. The Bertz CT molecular complexity index is 1860. The number of alkyl halides is 6. The first-order chi connectivity index (χ1) is 24.7. The normalized spacial score (nSPS) is 12.6. The Balaban J connectivity index is 0.000000288. The summed E-state index contributed by atoms with van der Waals surface area (Å²) in [7, 11) is 2.51. The third kappa shape index (κ3) is 12.2. The number of ether oxygens (including phenoxy) is 2. The van der Waals surface area contributed by atoms with Gasteiger partial charge in [0.1, 0.15) is 32.5 Å². The number of aliphatic imine (C=N–C) groups is 1. The monoisotopic (exact) mass is 753 g/mol. The van der Waals surface area contributed by atoms with E-state index in [0.717, 1.165) is 24.6 Å². The predicted octanol–water partition coefficient (Wildman–Crippen LogP) is 8.73. The second kappa shape index (κ2) is 19.4. The SMILES string of the molecule is CCCOC/C(=N\c1ccc(Cl)cc1C(F)(F)F)n1ccnc1.CO/N=C(/C(=O)OC)c1ccccc1CO/N=C(\C)c1cccc(C(F)(F)F)c1. The van der Waals surface area contributed by atoms with Gasteiger partial charge in [0.25, 0.3) is 0 Å². The Morgan fingerprint density at radius 2 is 1.69 bits per heavy atom. The molecular weight excluding hydrogens is 720 g/mol. The molecule has 0 unspecified atom stereocenters. The van der Waals surface area contributed by atoms with Gasteiger partial charge in [0.15, 0.2) is 5.71 Å². The number of esters is 1. The first-order valence-corrected chi connectivity index (χ1v) is 15.7. The van der Waals surface area contributed by atoms with E-state index in [0.29, 0.717) is 23.6 Å². The number of nitrogens with zero attached hydrogens (tertiary/aromatic N) is 5. The second-order valence-corrected chi connectivity index (χ2v) is 10.9. The summed E-state index contributed by atoms with van der Waals surface area (Å²) < 4.78 is 89.6. The molecular formula is C35H34ClF6N5O5. The van der Waals surface area contributed by atoms with Crippen molar-refractivity contribution in [2.45, 2.75) is 39.2 Å². The van der Waals surface area contributed by atoms with Gasteiger partial charge >= 0.3 is 18.3 Å². The summed E-state index contributed by atoms with van der Waals surface area (Å²) in [4.78, 5) is 29.9. The zero-order valence-corrected chi connectivity index (χ0v) is 29.1. The van der Waals surface area contributed by atoms with Crippen LogP contribution in [0.15, 0.2) is 101 Å². The molecule has 0 aliphatic heterocycles. The molecule has 278 valence electrons. The van der Waals surface area contributed by atoms with E-state index in [9.17, 15) is 31.1 Å². The van der Waals surface area contributed by atoms with Crippen LogP contribution < -0.4 is 0 Å². The maximum atomic E-state index is 13.1. The van der Waals surface area contributed by atoms with Crippen LogP contribution in [0.2, 0.25) is 5.02 Å². The number of carbonyl (C=O) groups is 1. The molecule has 0 aliphatic rings. The fraction of sp³-hybridized carbons (Fsp3) is 0.286. The van der Waals surface area contributed by atoms with Crippen molar-refractivity contribution in [3.05, 3.63) is 118 Å². The lowest BCUT2D eigenvalue weighted by Gasteiger charge is -2.13. The van der Waals surface area contributed by atoms with Gasteiger partial charge in [-0.05, 0) is 49.2 Å². The zero-order chi connectivity index (χ0) is 38.3. The van der Waals surface area contributed by atoms with Gasteiger partial charge in [-0.15, -0.1) is 0 Å². The van der Waals surface area contributed by atoms with Gasteiger partial charge in [0.05, 0.1) is 29.6 Å². The molecule has 1 aromatic heterocycles. The summed E-state index contributed by atoms with van der Waals surface area (Å²) in [6, 6.07) is 15.0. The lowest BCUT2D eigenvalue weighted by Crippen LogP contribution is -2.19. The highest BCUT2D eigenvalue weighted by atomic mass is 35.5. The van der Waals surface area contributed by atoms with Crippen LogP contribution in [0.4, 0.5) is 32.0 Å². The topological polar surface area (TPSA) is 109 Å². The highest BCUT2D eigenvalue weighted by Gasteiger charge is 2.34. The number of hydrogen-bond acceptors (Lipinski definition) is 9. The quantitative estimate of drug-likeness (QED) is 0.0358. The highest BCUT2D eigenvalue weighted by molar-refractivity contribution is 6.43. The van der Waals surface area contributed by atoms with E-state index in [1.54, 1.807) is 30.5 Å². The number of aromatic nitrogens is 2. The molecule has 0 N–H and O–H groups in total. The van der Waals surface area contributed by atoms with Gasteiger partial charge in [-0.2, -0.15) is 26.3 Å². The number of hydrogen-bond donors (Lipinski definition) is 0. The smallest absolute Gasteiger partial charge is 0.418 e. The molecule has 1 heterocycles. The summed E-state index contributed by atoms with van der Waals surface area (Å²) in [6.45, 7) is 3.99. The fourth-order valence-corrected chi connectivity index (χ4v) is 4.46. The lowest BCUT2D eigenvalue weighted by molar-refractivity contribution is -0.138. The minimum absolute atomic E-state index is 0.00249. The van der Waals surface area contributed by atoms with E-state index in [4.69, 9.17) is 30.7 Å². The van der Waals surface area contributed by atoms with E-state index >= 15 is 0 Å². The van der Waals surface area contributed by atoms with Crippen molar-refractivity contribution in [1.29, 1.82) is 0 Å². The first kappa shape index (κ1) is 41.2. The van der Waals surface area contributed by atoms with Crippen LogP contribution >= 0.6 is 11.6 Å². The number of halogens is 7. The second-order valence-electron chi connectivity index (χ2n) is 10.5. The molecule has 52 heavy (non-hydrogen) atoms. The van der Waals surface area contributed by atoms with Gasteiger partial charge in [-0.3, -0.25) is 4.57 Å². The average Bonchev–Trinajstić information content (AvgIpc) is 3.66. The van der Waals surface area contributed by atoms with Gasteiger partial charge in [-0.1, -0.05) is 65.2 Å². The van der Waals surface area contributed by atoms with Crippen LogP contribution in [0.3, 0.4) is 0 Å². The minimum atomic E-state index is -4.55. The maximum Gasteiger partial charge on any atom is 0.418 e. The van der Waals surface area contributed by atoms with Crippen LogP contribution in [-0.2, 0) is 42.9 Å². The number of oxime groups is 2. The first-order valence-electron chi connectivity index (χ1n) is 15.3. The van der Waals surface area contributed by atoms with Gasteiger partial charge in [0, 0.05) is 35.2 Å². The highest BCUT2D eigenvalue weighted by Crippen LogP contribution is 2.38. The Morgan fingerprint density at radius 1 is 0.942 bits per heavy atom. The molecule has 0 radical (unpaired) electrons. The van der Waals surface area contributed by atoms with Crippen LogP contribution in [0.5, 0.6) is 0 Å². The molecule has 10 nitrogen and oxygen atoms in total.